The Morgan fingerprint density at radius 3 is 2.12 bits per heavy atom. The van der Waals surface area contributed by atoms with Crippen molar-refractivity contribution in [2.45, 2.75) is 52.6 Å². The number of nitrogens with zero attached hydrogens (tertiary/aromatic N) is 1. The molecule has 0 amide bonds. The smallest absolute Gasteiger partial charge is 0.0589 e. The van der Waals surface area contributed by atoms with Crippen molar-refractivity contribution < 1.29 is 4.74 Å². The lowest BCUT2D eigenvalue weighted by molar-refractivity contribution is 0.106. The van der Waals surface area contributed by atoms with E-state index in [1.54, 1.807) is 7.11 Å². The van der Waals surface area contributed by atoms with Gasteiger partial charge in [-0.05, 0) is 18.8 Å². The first kappa shape index (κ1) is 15.9. The molecule has 0 aliphatic carbocycles. The first-order chi connectivity index (χ1) is 7.56. The summed E-state index contributed by atoms with van der Waals surface area (Å²) in [4.78, 5) is 2.48. The van der Waals surface area contributed by atoms with Gasteiger partial charge < -0.3 is 10.5 Å². The van der Waals surface area contributed by atoms with Crippen molar-refractivity contribution in [1.29, 1.82) is 0 Å². The second-order valence-corrected chi connectivity index (χ2v) is 4.87. The maximum atomic E-state index is 6.15. The highest BCUT2D eigenvalue weighted by Gasteiger charge is 2.19. The van der Waals surface area contributed by atoms with Gasteiger partial charge >= 0.3 is 0 Å². The molecule has 16 heavy (non-hydrogen) atoms. The highest BCUT2D eigenvalue weighted by Crippen LogP contribution is 2.11. The predicted molar refractivity (Wildman–Crippen MR) is 70.6 cm³/mol. The third-order valence-electron chi connectivity index (χ3n) is 3.34. The predicted octanol–water partition coefficient (Wildman–Crippen LogP) is 2.11. The normalized spacial score (nSPS) is 14.1. The first-order valence-electron chi connectivity index (χ1n) is 6.55. The van der Waals surface area contributed by atoms with Crippen molar-refractivity contribution in [2.24, 2.45) is 11.7 Å². The molecule has 0 aromatic heterocycles. The van der Waals surface area contributed by atoms with E-state index in [4.69, 9.17) is 10.5 Å². The molecule has 2 N–H and O–H groups in total. The van der Waals surface area contributed by atoms with E-state index in [-0.39, 0.29) is 6.04 Å². The minimum absolute atomic E-state index is 0.262. The summed E-state index contributed by atoms with van der Waals surface area (Å²) >= 11 is 0. The second kappa shape index (κ2) is 8.97. The molecule has 3 heteroatoms. The van der Waals surface area contributed by atoms with Crippen LogP contribution < -0.4 is 5.73 Å². The summed E-state index contributed by atoms with van der Waals surface area (Å²) in [5.41, 5.74) is 6.15. The summed E-state index contributed by atoms with van der Waals surface area (Å²) in [5.74, 6) is 0.541. The van der Waals surface area contributed by atoms with Crippen molar-refractivity contribution in [3.8, 4) is 0 Å². The van der Waals surface area contributed by atoms with Crippen molar-refractivity contribution in [1.82, 2.24) is 4.90 Å². The quantitative estimate of drug-likeness (QED) is 0.659. The van der Waals surface area contributed by atoms with E-state index in [0.717, 1.165) is 19.7 Å². The molecule has 0 radical (unpaired) electrons. The number of nitrogens with two attached hydrogens (primary N) is 1. The Morgan fingerprint density at radius 2 is 1.75 bits per heavy atom. The van der Waals surface area contributed by atoms with Crippen LogP contribution in [-0.2, 0) is 4.74 Å². The Hall–Kier alpha value is -0.120. The Kier molecular flexibility index (Phi) is 8.90. The topological polar surface area (TPSA) is 38.5 Å². The van der Waals surface area contributed by atoms with Crippen molar-refractivity contribution >= 4 is 0 Å². The van der Waals surface area contributed by atoms with Crippen LogP contribution in [0.15, 0.2) is 0 Å². The summed E-state index contributed by atoms with van der Waals surface area (Å²) in [5, 5.41) is 0. The molecule has 0 aliphatic heterocycles. The molecule has 0 aromatic carbocycles. The maximum Gasteiger partial charge on any atom is 0.0589 e. The van der Waals surface area contributed by atoms with Gasteiger partial charge in [0.15, 0.2) is 0 Å². The molecule has 0 aliphatic rings. The summed E-state index contributed by atoms with van der Waals surface area (Å²) in [6.07, 6.45) is 2.37. The van der Waals surface area contributed by atoms with Crippen LogP contribution in [0.3, 0.4) is 0 Å². The third kappa shape index (κ3) is 5.83. The van der Waals surface area contributed by atoms with Gasteiger partial charge in [-0.15, -0.1) is 0 Å². The number of hydrogen-bond acceptors (Lipinski definition) is 3. The molecule has 1 atom stereocenters. The molecule has 0 rings (SSSR count). The van der Waals surface area contributed by atoms with Crippen LogP contribution in [0, 0.1) is 5.92 Å². The Labute approximate surface area is 101 Å². The number of rotatable bonds is 9. The Balaban J connectivity index is 4.28. The third-order valence-corrected chi connectivity index (χ3v) is 3.34. The van der Waals surface area contributed by atoms with Crippen LogP contribution in [0.25, 0.3) is 0 Å². The van der Waals surface area contributed by atoms with E-state index in [1.807, 2.05) is 0 Å². The van der Waals surface area contributed by atoms with E-state index < -0.39 is 0 Å². The van der Waals surface area contributed by atoms with E-state index >= 15 is 0 Å². The Bertz CT molecular complexity index is 158. The van der Waals surface area contributed by atoms with Crippen LogP contribution >= 0.6 is 0 Å². The monoisotopic (exact) mass is 230 g/mol. The molecule has 0 heterocycles. The maximum absolute atomic E-state index is 6.15. The summed E-state index contributed by atoms with van der Waals surface area (Å²) in [6, 6.07) is 0.900. The Morgan fingerprint density at radius 1 is 1.19 bits per heavy atom. The average Bonchev–Trinajstić information content (AvgIpc) is 2.26. The molecular formula is C13H30N2O. The fourth-order valence-corrected chi connectivity index (χ4v) is 1.92. The minimum Gasteiger partial charge on any atom is -0.383 e. The van der Waals surface area contributed by atoms with Gasteiger partial charge in [0.25, 0.3) is 0 Å². The largest absolute Gasteiger partial charge is 0.383 e. The molecule has 0 fully saturated rings. The lowest BCUT2D eigenvalue weighted by Gasteiger charge is -2.33. The van der Waals surface area contributed by atoms with Gasteiger partial charge in [-0.2, -0.15) is 0 Å². The fraction of sp³-hybridized carbons (Fsp3) is 1.00. The standard InChI is InChI=1S/C13H30N2O/c1-6-12(7-2)15(8-9-16-5)10-13(14)11(3)4/h11-13H,6-10,14H2,1-5H3. The highest BCUT2D eigenvalue weighted by molar-refractivity contribution is 4.76. The van der Waals surface area contributed by atoms with Gasteiger partial charge in [0.1, 0.15) is 0 Å². The van der Waals surface area contributed by atoms with Crippen molar-refractivity contribution in [3.05, 3.63) is 0 Å². The first-order valence-corrected chi connectivity index (χ1v) is 6.55. The van der Waals surface area contributed by atoms with Gasteiger partial charge in [-0.1, -0.05) is 27.7 Å². The van der Waals surface area contributed by atoms with Crippen molar-refractivity contribution in [3.63, 3.8) is 0 Å². The van der Waals surface area contributed by atoms with E-state index in [2.05, 4.69) is 32.6 Å². The molecular weight excluding hydrogens is 200 g/mol. The van der Waals surface area contributed by atoms with Crippen LogP contribution in [0.2, 0.25) is 0 Å². The van der Waals surface area contributed by atoms with Crippen LogP contribution in [0.1, 0.15) is 40.5 Å². The molecule has 0 saturated carbocycles. The van der Waals surface area contributed by atoms with Gasteiger partial charge in [0.2, 0.25) is 0 Å². The molecule has 0 bridgehead atoms. The van der Waals surface area contributed by atoms with Gasteiger partial charge in [0.05, 0.1) is 6.61 Å². The number of methoxy groups -OCH3 is 1. The lowest BCUT2D eigenvalue weighted by Crippen LogP contribution is -2.46. The zero-order valence-corrected chi connectivity index (χ0v) is 11.7. The zero-order valence-electron chi connectivity index (χ0n) is 11.7. The summed E-state index contributed by atoms with van der Waals surface area (Å²) in [6.45, 7) is 11.6. The van der Waals surface area contributed by atoms with Gasteiger partial charge in [0, 0.05) is 32.3 Å². The lowest BCUT2D eigenvalue weighted by atomic mass is 10.0. The molecule has 3 nitrogen and oxygen atoms in total. The van der Waals surface area contributed by atoms with E-state index in [0.29, 0.717) is 12.0 Å². The molecule has 98 valence electrons. The number of hydrogen-bond donors (Lipinski definition) is 1. The van der Waals surface area contributed by atoms with Crippen LogP contribution in [0.5, 0.6) is 0 Å². The average molecular weight is 230 g/mol. The van der Waals surface area contributed by atoms with E-state index in [9.17, 15) is 0 Å². The summed E-state index contributed by atoms with van der Waals surface area (Å²) in [7, 11) is 1.76. The molecule has 0 saturated heterocycles. The molecule has 0 spiro atoms. The number of ether oxygens (including phenoxy) is 1. The van der Waals surface area contributed by atoms with E-state index in [1.165, 1.54) is 12.8 Å². The molecule has 0 aromatic rings. The molecule has 1 unspecified atom stereocenters. The second-order valence-electron chi connectivity index (χ2n) is 4.87. The fourth-order valence-electron chi connectivity index (χ4n) is 1.92. The zero-order chi connectivity index (χ0) is 12.6. The SMILES string of the molecule is CCC(CC)N(CCOC)CC(N)C(C)C. The summed E-state index contributed by atoms with van der Waals surface area (Å²) < 4.78 is 5.17. The van der Waals surface area contributed by atoms with Gasteiger partial charge in [-0.3, -0.25) is 4.90 Å². The van der Waals surface area contributed by atoms with Crippen LogP contribution in [-0.4, -0.2) is 43.8 Å². The highest BCUT2D eigenvalue weighted by atomic mass is 16.5. The minimum atomic E-state index is 0.262. The van der Waals surface area contributed by atoms with Crippen molar-refractivity contribution in [2.75, 3.05) is 26.8 Å². The van der Waals surface area contributed by atoms with Gasteiger partial charge in [-0.25, -0.2) is 0 Å². The van der Waals surface area contributed by atoms with Crippen LogP contribution in [0.4, 0.5) is 0 Å².